The molecule has 0 saturated heterocycles. The summed E-state index contributed by atoms with van der Waals surface area (Å²) in [6, 6.07) is 3.25. The molecule has 0 radical (unpaired) electrons. The molecule has 0 bridgehead atoms. The lowest BCUT2D eigenvalue weighted by atomic mass is 9.96. The minimum Gasteiger partial charge on any atom is -0.502 e. The van der Waals surface area contributed by atoms with E-state index in [-0.39, 0.29) is 23.1 Å². The van der Waals surface area contributed by atoms with Gasteiger partial charge in [-0.3, -0.25) is 4.99 Å². The third-order valence-corrected chi connectivity index (χ3v) is 3.81. The normalized spacial score (nSPS) is 10.8. The zero-order valence-electron chi connectivity index (χ0n) is 13.5. The van der Waals surface area contributed by atoms with E-state index >= 15 is 0 Å². The van der Waals surface area contributed by atoms with Crippen LogP contribution >= 0.6 is 12.2 Å². The number of methoxy groups -OCH3 is 2. The quantitative estimate of drug-likeness (QED) is 0.490. The lowest BCUT2D eigenvalue weighted by molar-refractivity contribution is 0.340. The highest BCUT2D eigenvalue weighted by Crippen LogP contribution is 2.42. The fraction of sp³-hybridized carbons (Fsp3) is 0.188. The highest BCUT2D eigenvalue weighted by atomic mass is 32.1. The van der Waals surface area contributed by atoms with Gasteiger partial charge in [-0.15, -0.1) is 0 Å². The molecule has 0 saturated carbocycles. The molecule has 0 aliphatic carbocycles. The highest BCUT2D eigenvalue weighted by molar-refractivity contribution is 7.71. The predicted octanol–water partition coefficient (Wildman–Crippen LogP) is 2.76. The summed E-state index contributed by atoms with van der Waals surface area (Å²) in [4.78, 5) is 6.88. The number of aliphatic imine (C=N–C) groups is 1. The molecule has 24 heavy (non-hydrogen) atoms. The van der Waals surface area contributed by atoms with E-state index in [4.69, 9.17) is 32.8 Å². The van der Waals surface area contributed by atoms with Crippen molar-refractivity contribution in [1.82, 2.24) is 4.98 Å². The number of nitrogens with one attached hydrogen (secondary N) is 2. The number of hydrogen-bond acceptors (Lipinski definition) is 7. The third kappa shape index (κ3) is 2.95. The van der Waals surface area contributed by atoms with E-state index in [0.717, 1.165) is 6.21 Å². The Labute approximate surface area is 144 Å². The van der Waals surface area contributed by atoms with Crippen LogP contribution in [0.1, 0.15) is 11.1 Å². The Morgan fingerprint density at radius 3 is 2.29 bits per heavy atom. The monoisotopic (exact) mass is 346 g/mol. The Hall–Kier alpha value is -2.87. The second kappa shape index (κ2) is 7.14. The fourth-order valence-corrected chi connectivity index (χ4v) is 2.67. The lowest BCUT2D eigenvalue weighted by Crippen LogP contribution is -2.05. The van der Waals surface area contributed by atoms with Crippen LogP contribution in [0.2, 0.25) is 0 Å². The minimum atomic E-state index is -0.111. The molecule has 2 aromatic rings. The van der Waals surface area contributed by atoms with Crippen molar-refractivity contribution in [3.8, 4) is 28.4 Å². The number of phenols is 1. The molecule has 1 heterocycles. The molecule has 0 spiro atoms. The van der Waals surface area contributed by atoms with Crippen LogP contribution in [0.3, 0.4) is 0 Å². The van der Waals surface area contributed by atoms with Gasteiger partial charge in [0.2, 0.25) is 5.75 Å². The molecule has 126 valence electrons. The zero-order valence-corrected chi connectivity index (χ0v) is 14.3. The van der Waals surface area contributed by atoms with E-state index < -0.39 is 0 Å². The van der Waals surface area contributed by atoms with Crippen molar-refractivity contribution in [2.24, 2.45) is 4.99 Å². The third-order valence-electron chi connectivity index (χ3n) is 3.49. The molecule has 7 nitrogen and oxygen atoms in total. The van der Waals surface area contributed by atoms with Crippen molar-refractivity contribution in [2.45, 2.75) is 0 Å². The number of nitrogens with zero attached hydrogens (tertiary/aromatic N) is 1. The minimum absolute atomic E-state index is 0.111. The predicted molar refractivity (Wildman–Crippen MR) is 97.6 cm³/mol. The number of aromatic nitrogens is 1. The molecule has 0 unspecified atom stereocenters. The van der Waals surface area contributed by atoms with Crippen LogP contribution < -0.4 is 15.2 Å². The Bertz CT molecular complexity index is 849. The number of phenolic OH excluding ortho intramolecular Hbond substituents is 1. The second-order valence-electron chi connectivity index (χ2n) is 4.83. The van der Waals surface area contributed by atoms with Crippen molar-refractivity contribution in [3.05, 3.63) is 27.9 Å². The molecule has 0 aliphatic heterocycles. The Morgan fingerprint density at radius 2 is 1.83 bits per heavy atom. The van der Waals surface area contributed by atoms with Crippen LogP contribution in [0.5, 0.6) is 17.2 Å². The number of aromatic amines is 1. The summed E-state index contributed by atoms with van der Waals surface area (Å²) in [5.74, 6) is 0.623. The molecule has 0 amide bonds. The molecule has 0 aliphatic rings. The molecule has 0 atom stereocenters. The summed E-state index contributed by atoms with van der Waals surface area (Å²) >= 11 is 5.33. The number of nitrogens with two attached hydrogens (primary N) is 1. The SMILES string of the molecule is CN=Cc1c(-c2cc(OC)c(O)c(OC)c2)c(C=N)c(N)[nH]c1=S. The summed E-state index contributed by atoms with van der Waals surface area (Å²) in [6.07, 6.45) is 2.72. The summed E-state index contributed by atoms with van der Waals surface area (Å²) in [5.41, 5.74) is 8.27. The molecule has 5 N–H and O–H groups in total. The van der Waals surface area contributed by atoms with Crippen molar-refractivity contribution >= 4 is 30.5 Å². The van der Waals surface area contributed by atoms with E-state index in [9.17, 15) is 5.11 Å². The van der Waals surface area contributed by atoms with Crippen LogP contribution in [0.15, 0.2) is 17.1 Å². The average molecular weight is 346 g/mol. The van der Waals surface area contributed by atoms with Gasteiger partial charge in [0, 0.05) is 36.2 Å². The first-order chi connectivity index (χ1) is 11.5. The van der Waals surface area contributed by atoms with Crippen LogP contribution in [0, 0.1) is 10.0 Å². The highest BCUT2D eigenvalue weighted by Gasteiger charge is 2.18. The Morgan fingerprint density at radius 1 is 1.25 bits per heavy atom. The van der Waals surface area contributed by atoms with Crippen LogP contribution in [0.4, 0.5) is 5.82 Å². The topological polar surface area (TPSA) is 117 Å². The first kappa shape index (κ1) is 17.5. The van der Waals surface area contributed by atoms with E-state index in [0.29, 0.717) is 26.9 Å². The number of aromatic hydroxyl groups is 1. The second-order valence-corrected chi connectivity index (χ2v) is 5.24. The molecule has 2 rings (SSSR count). The van der Waals surface area contributed by atoms with E-state index in [2.05, 4.69) is 9.98 Å². The zero-order chi connectivity index (χ0) is 17.9. The van der Waals surface area contributed by atoms with Gasteiger partial charge in [-0.1, -0.05) is 12.2 Å². The van der Waals surface area contributed by atoms with Crippen LogP contribution in [-0.2, 0) is 0 Å². The van der Waals surface area contributed by atoms with Crippen LogP contribution in [-0.4, -0.2) is 43.8 Å². The largest absolute Gasteiger partial charge is 0.502 e. The maximum atomic E-state index is 10.1. The molecule has 1 aromatic heterocycles. The van der Waals surface area contributed by atoms with Crippen molar-refractivity contribution in [1.29, 1.82) is 5.41 Å². The standard InChI is InChI=1S/C16H18N4O3S/c1-19-7-10-13(9(6-17)15(18)20-16(10)24)8-4-11(22-2)14(21)12(5-8)23-3/h4-7,17,21H,1-3H3,(H3,18,20,24). The van der Waals surface area contributed by atoms with E-state index in [1.54, 1.807) is 25.4 Å². The summed E-state index contributed by atoms with van der Waals surface area (Å²) in [6.45, 7) is 0. The maximum Gasteiger partial charge on any atom is 0.200 e. The number of anilines is 1. The lowest BCUT2D eigenvalue weighted by Gasteiger charge is -2.16. The van der Waals surface area contributed by atoms with Crippen molar-refractivity contribution < 1.29 is 14.6 Å². The van der Waals surface area contributed by atoms with Gasteiger partial charge in [0.05, 0.1) is 14.2 Å². The number of hydrogen-bond donors (Lipinski definition) is 4. The number of ether oxygens (including phenoxy) is 2. The Kier molecular flexibility index (Phi) is 5.20. The molecular weight excluding hydrogens is 328 g/mol. The number of H-pyrrole nitrogens is 1. The maximum absolute atomic E-state index is 10.1. The summed E-state index contributed by atoms with van der Waals surface area (Å²) in [7, 11) is 4.50. The fourth-order valence-electron chi connectivity index (χ4n) is 2.40. The molecule has 1 aromatic carbocycles. The smallest absolute Gasteiger partial charge is 0.200 e. The van der Waals surface area contributed by atoms with Crippen molar-refractivity contribution in [3.63, 3.8) is 0 Å². The first-order valence-electron chi connectivity index (χ1n) is 6.92. The van der Waals surface area contributed by atoms with Crippen LogP contribution in [0.25, 0.3) is 11.1 Å². The first-order valence-corrected chi connectivity index (χ1v) is 7.33. The van der Waals surface area contributed by atoms with Gasteiger partial charge in [0.1, 0.15) is 10.5 Å². The molecule has 0 fully saturated rings. The number of nitrogen functional groups attached to an aromatic ring is 1. The van der Waals surface area contributed by atoms with Gasteiger partial charge in [0.15, 0.2) is 11.5 Å². The van der Waals surface area contributed by atoms with Crippen molar-refractivity contribution in [2.75, 3.05) is 27.0 Å². The van der Waals surface area contributed by atoms with E-state index in [1.165, 1.54) is 14.2 Å². The van der Waals surface area contributed by atoms with Gasteiger partial charge in [-0.05, 0) is 17.7 Å². The average Bonchev–Trinajstić information content (AvgIpc) is 2.57. The van der Waals surface area contributed by atoms with Gasteiger partial charge < -0.3 is 30.7 Å². The Balaban J connectivity index is 2.95. The van der Waals surface area contributed by atoms with Gasteiger partial charge in [-0.25, -0.2) is 0 Å². The van der Waals surface area contributed by atoms with Gasteiger partial charge in [0.25, 0.3) is 0 Å². The van der Waals surface area contributed by atoms with Gasteiger partial charge in [-0.2, -0.15) is 0 Å². The molecule has 8 heteroatoms. The van der Waals surface area contributed by atoms with E-state index in [1.807, 2.05) is 0 Å². The number of benzene rings is 1. The summed E-state index contributed by atoms with van der Waals surface area (Å²) < 4.78 is 10.8. The number of pyridine rings is 1. The van der Waals surface area contributed by atoms with Gasteiger partial charge >= 0.3 is 0 Å². The number of rotatable bonds is 5. The molecular formula is C16H18N4O3S. The summed E-state index contributed by atoms with van der Waals surface area (Å²) in [5, 5.41) is 17.8.